The molecule has 1 aliphatic rings. The van der Waals surface area contributed by atoms with Crippen molar-refractivity contribution in [2.45, 2.75) is 57.8 Å². The molecule has 84 valence electrons. The van der Waals surface area contributed by atoms with Crippen LogP contribution in [0.15, 0.2) is 0 Å². The van der Waals surface area contributed by atoms with E-state index in [1.165, 1.54) is 0 Å². The first-order valence-corrected chi connectivity index (χ1v) is 5.42. The summed E-state index contributed by atoms with van der Waals surface area (Å²) in [5.74, 6) is 0. The van der Waals surface area contributed by atoms with Gasteiger partial charge >= 0.3 is 0 Å². The highest BCUT2D eigenvalue weighted by molar-refractivity contribution is 4.93. The van der Waals surface area contributed by atoms with Crippen molar-refractivity contribution >= 4 is 0 Å². The largest absolute Gasteiger partial charge is 0.390 e. The Labute approximate surface area is 86.8 Å². The van der Waals surface area contributed by atoms with Gasteiger partial charge in [-0.25, -0.2) is 0 Å². The number of hydrogen-bond donors (Lipinski definition) is 2. The Hall–Kier alpha value is -0.120. The number of ether oxygens (including phenoxy) is 1. The highest BCUT2D eigenvalue weighted by Crippen LogP contribution is 2.25. The van der Waals surface area contributed by atoms with Crippen LogP contribution in [0.2, 0.25) is 0 Å². The van der Waals surface area contributed by atoms with E-state index in [9.17, 15) is 5.11 Å². The van der Waals surface area contributed by atoms with Gasteiger partial charge in [0.1, 0.15) is 0 Å². The molecular weight excluding hydrogens is 178 g/mol. The summed E-state index contributed by atoms with van der Waals surface area (Å²) in [4.78, 5) is 0. The van der Waals surface area contributed by atoms with Gasteiger partial charge in [0.05, 0.1) is 11.7 Å². The summed E-state index contributed by atoms with van der Waals surface area (Å²) in [6.45, 7) is 9.65. The van der Waals surface area contributed by atoms with Crippen molar-refractivity contribution in [3.8, 4) is 0 Å². The predicted octanol–water partition coefficient (Wildman–Crippen LogP) is 1.30. The van der Waals surface area contributed by atoms with E-state index in [0.29, 0.717) is 0 Å². The van der Waals surface area contributed by atoms with E-state index in [-0.39, 0.29) is 11.6 Å². The molecule has 0 bridgehead atoms. The van der Waals surface area contributed by atoms with Crippen LogP contribution in [0.25, 0.3) is 0 Å². The first-order valence-electron chi connectivity index (χ1n) is 5.42. The van der Waals surface area contributed by atoms with Crippen LogP contribution in [-0.2, 0) is 4.74 Å². The zero-order chi connectivity index (χ0) is 10.8. The molecule has 2 N–H and O–H groups in total. The molecule has 1 heterocycles. The summed E-state index contributed by atoms with van der Waals surface area (Å²) in [7, 11) is 0. The van der Waals surface area contributed by atoms with E-state index in [0.717, 1.165) is 26.0 Å². The molecule has 1 rings (SSSR count). The highest BCUT2D eigenvalue weighted by atomic mass is 16.5. The second kappa shape index (κ2) is 4.17. The standard InChI is InChI=1S/C11H23NO2/c1-9-11(4,6-8-14-9)12-7-5-10(2,3)13/h9,12-13H,5-8H2,1-4H3. The molecular formula is C11H23NO2. The van der Waals surface area contributed by atoms with Gasteiger partial charge in [-0.05, 0) is 47.1 Å². The lowest BCUT2D eigenvalue weighted by Gasteiger charge is -2.30. The zero-order valence-electron chi connectivity index (χ0n) is 9.76. The average molecular weight is 201 g/mol. The quantitative estimate of drug-likeness (QED) is 0.720. The summed E-state index contributed by atoms with van der Waals surface area (Å²) >= 11 is 0. The Morgan fingerprint density at radius 3 is 2.64 bits per heavy atom. The van der Waals surface area contributed by atoms with Crippen LogP contribution in [0.5, 0.6) is 0 Å². The zero-order valence-corrected chi connectivity index (χ0v) is 9.76. The molecule has 0 aliphatic carbocycles. The van der Waals surface area contributed by atoms with Gasteiger partial charge in [-0.2, -0.15) is 0 Å². The van der Waals surface area contributed by atoms with E-state index in [4.69, 9.17) is 4.74 Å². The molecule has 3 nitrogen and oxygen atoms in total. The Bertz CT molecular complexity index is 188. The topological polar surface area (TPSA) is 41.5 Å². The highest BCUT2D eigenvalue weighted by Gasteiger charge is 2.36. The normalized spacial score (nSPS) is 33.6. The van der Waals surface area contributed by atoms with Crippen LogP contribution in [0.4, 0.5) is 0 Å². The molecule has 1 fully saturated rings. The van der Waals surface area contributed by atoms with E-state index in [1.807, 2.05) is 13.8 Å². The first kappa shape index (κ1) is 12.0. The maximum absolute atomic E-state index is 9.57. The van der Waals surface area contributed by atoms with Gasteiger partial charge in [0.25, 0.3) is 0 Å². The Kier molecular flexibility index (Phi) is 3.56. The molecule has 2 unspecified atom stereocenters. The molecule has 3 heteroatoms. The summed E-state index contributed by atoms with van der Waals surface area (Å²) in [6, 6.07) is 0. The lowest BCUT2D eigenvalue weighted by atomic mass is 9.94. The van der Waals surface area contributed by atoms with Crippen LogP contribution >= 0.6 is 0 Å². The Morgan fingerprint density at radius 1 is 1.57 bits per heavy atom. The lowest BCUT2D eigenvalue weighted by molar-refractivity contribution is 0.0606. The van der Waals surface area contributed by atoms with Crippen LogP contribution in [0.1, 0.15) is 40.5 Å². The minimum Gasteiger partial charge on any atom is -0.390 e. The van der Waals surface area contributed by atoms with Crippen molar-refractivity contribution in [1.29, 1.82) is 0 Å². The van der Waals surface area contributed by atoms with Gasteiger partial charge in [-0.1, -0.05) is 0 Å². The van der Waals surface area contributed by atoms with E-state index in [1.54, 1.807) is 0 Å². The molecule has 14 heavy (non-hydrogen) atoms. The van der Waals surface area contributed by atoms with E-state index < -0.39 is 5.60 Å². The minimum absolute atomic E-state index is 0.0885. The van der Waals surface area contributed by atoms with Gasteiger partial charge in [0.15, 0.2) is 0 Å². The summed E-state index contributed by atoms with van der Waals surface area (Å²) < 4.78 is 5.53. The number of nitrogens with one attached hydrogen (secondary N) is 1. The molecule has 0 aromatic heterocycles. The molecule has 0 saturated carbocycles. The summed E-state index contributed by atoms with van der Waals surface area (Å²) in [5, 5.41) is 13.0. The van der Waals surface area contributed by atoms with Crippen LogP contribution < -0.4 is 5.32 Å². The van der Waals surface area contributed by atoms with Crippen molar-refractivity contribution in [2.24, 2.45) is 0 Å². The monoisotopic (exact) mass is 201 g/mol. The fraction of sp³-hybridized carbons (Fsp3) is 1.00. The lowest BCUT2D eigenvalue weighted by Crippen LogP contribution is -2.49. The second-order valence-corrected chi connectivity index (χ2v) is 5.17. The Morgan fingerprint density at radius 2 is 2.21 bits per heavy atom. The summed E-state index contributed by atoms with van der Waals surface area (Å²) in [6.07, 6.45) is 2.10. The molecule has 0 radical (unpaired) electrons. The van der Waals surface area contributed by atoms with Gasteiger partial charge in [-0.3, -0.25) is 0 Å². The van der Waals surface area contributed by atoms with E-state index in [2.05, 4.69) is 19.2 Å². The van der Waals surface area contributed by atoms with Gasteiger partial charge in [-0.15, -0.1) is 0 Å². The van der Waals surface area contributed by atoms with E-state index >= 15 is 0 Å². The molecule has 2 atom stereocenters. The molecule has 0 aromatic carbocycles. The smallest absolute Gasteiger partial charge is 0.0726 e. The predicted molar refractivity (Wildman–Crippen MR) is 57.4 cm³/mol. The van der Waals surface area contributed by atoms with Gasteiger partial charge in [0.2, 0.25) is 0 Å². The van der Waals surface area contributed by atoms with Crippen molar-refractivity contribution < 1.29 is 9.84 Å². The first-order chi connectivity index (χ1) is 6.33. The van der Waals surface area contributed by atoms with Crippen LogP contribution in [0.3, 0.4) is 0 Å². The molecule has 1 saturated heterocycles. The number of hydrogen-bond acceptors (Lipinski definition) is 3. The van der Waals surface area contributed by atoms with Crippen LogP contribution in [-0.4, -0.2) is 35.5 Å². The van der Waals surface area contributed by atoms with Gasteiger partial charge in [0, 0.05) is 12.1 Å². The number of rotatable bonds is 4. The average Bonchev–Trinajstić information content (AvgIpc) is 2.30. The maximum Gasteiger partial charge on any atom is 0.0726 e. The molecule has 0 spiro atoms. The third-order valence-electron chi connectivity index (χ3n) is 3.15. The molecule has 0 amide bonds. The SMILES string of the molecule is CC1OCCC1(C)NCCC(C)(C)O. The summed E-state index contributed by atoms with van der Waals surface area (Å²) in [5.41, 5.74) is -0.489. The van der Waals surface area contributed by atoms with Crippen molar-refractivity contribution in [3.05, 3.63) is 0 Å². The van der Waals surface area contributed by atoms with Crippen molar-refractivity contribution in [3.63, 3.8) is 0 Å². The van der Waals surface area contributed by atoms with Crippen molar-refractivity contribution in [1.82, 2.24) is 5.32 Å². The number of aliphatic hydroxyl groups is 1. The third kappa shape index (κ3) is 3.23. The fourth-order valence-corrected chi connectivity index (χ4v) is 1.72. The van der Waals surface area contributed by atoms with Crippen LogP contribution in [0, 0.1) is 0 Å². The third-order valence-corrected chi connectivity index (χ3v) is 3.15. The maximum atomic E-state index is 9.57. The minimum atomic E-state index is -0.577. The van der Waals surface area contributed by atoms with Gasteiger partial charge < -0.3 is 15.2 Å². The molecule has 1 aliphatic heterocycles. The second-order valence-electron chi connectivity index (χ2n) is 5.17. The van der Waals surface area contributed by atoms with Crippen molar-refractivity contribution in [2.75, 3.05) is 13.2 Å². The fourth-order valence-electron chi connectivity index (χ4n) is 1.72. The molecule has 0 aromatic rings. The Balaban J connectivity index is 2.30.